The van der Waals surface area contributed by atoms with Gasteiger partial charge >= 0.3 is 23.9 Å². The summed E-state index contributed by atoms with van der Waals surface area (Å²) < 4.78 is 28.4. The van der Waals surface area contributed by atoms with Crippen molar-refractivity contribution >= 4 is 23.9 Å². The molecule has 0 aromatic heterocycles. The molecule has 6 unspecified atom stereocenters. The van der Waals surface area contributed by atoms with Gasteiger partial charge in [0.05, 0.1) is 6.61 Å². The van der Waals surface area contributed by atoms with Gasteiger partial charge in [0.2, 0.25) is 0 Å². The van der Waals surface area contributed by atoms with Crippen LogP contribution in [-0.2, 0) is 42.9 Å². The molecule has 3 N–H and O–H groups in total. The highest BCUT2D eigenvalue weighted by Crippen LogP contribution is 2.26. The van der Waals surface area contributed by atoms with E-state index in [0.29, 0.717) is 19.3 Å². The lowest BCUT2D eigenvalue weighted by Gasteiger charge is -2.40. The first kappa shape index (κ1) is 70.4. The SMILES string of the molecule is CC/C=C\C/C=C\C/C=C\C/C=C\C/C=C\CCCCCC(=O)OCC(COC1OC(C(=O)O)C(O)C(O)C1OC(=O)CCCCCCC/C=C\CCCCCCCC)OC(=O)CCCCC/C=C\C/C=C\C/C=C\CC. The summed E-state index contributed by atoms with van der Waals surface area (Å²) in [6.45, 7) is 5.69. The van der Waals surface area contributed by atoms with Crippen LogP contribution in [0.3, 0.4) is 0 Å². The van der Waals surface area contributed by atoms with Gasteiger partial charge in [-0.3, -0.25) is 14.4 Å². The molecule has 0 aliphatic carbocycles. The van der Waals surface area contributed by atoms with Gasteiger partial charge in [-0.15, -0.1) is 0 Å². The number of esters is 3. The molecule has 77 heavy (non-hydrogen) atoms. The van der Waals surface area contributed by atoms with Gasteiger partial charge in [0, 0.05) is 19.3 Å². The number of allylic oxidation sites excluding steroid dienone is 18. The number of carboxylic acid groups (broad SMARTS) is 1. The molecule has 0 aromatic rings. The Morgan fingerprint density at radius 3 is 1.27 bits per heavy atom. The smallest absolute Gasteiger partial charge is 0.335 e. The average molecular weight is 1080 g/mol. The molecule has 12 nitrogen and oxygen atoms in total. The maximum Gasteiger partial charge on any atom is 0.335 e. The first-order valence-electron chi connectivity index (χ1n) is 29.9. The maximum absolute atomic E-state index is 13.1. The van der Waals surface area contributed by atoms with Crippen LogP contribution < -0.4 is 0 Å². The van der Waals surface area contributed by atoms with Crippen molar-refractivity contribution in [2.45, 2.75) is 263 Å². The van der Waals surface area contributed by atoms with Crippen LogP contribution in [0.5, 0.6) is 0 Å². The molecule has 0 radical (unpaired) electrons. The first-order valence-corrected chi connectivity index (χ1v) is 29.9. The van der Waals surface area contributed by atoms with Crippen LogP contribution >= 0.6 is 0 Å². The number of carbonyl (C=O) groups is 4. The van der Waals surface area contributed by atoms with Crippen molar-refractivity contribution in [1.29, 1.82) is 0 Å². The van der Waals surface area contributed by atoms with Gasteiger partial charge in [0.15, 0.2) is 24.6 Å². The summed E-state index contributed by atoms with van der Waals surface area (Å²) in [5.74, 6) is -3.23. The fourth-order valence-corrected chi connectivity index (χ4v) is 8.28. The Kier molecular flexibility index (Phi) is 47.6. The van der Waals surface area contributed by atoms with Crippen molar-refractivity contribution < 1.29 is 58.2 Å². The third kappa shape index (κ3) is 42.1. The first-order chi connectivity index (χ1) is 37.6. The Labute approximate surface area is 465 Å². The number of carboxylic acids is 1. The van der Waals surface area contributed by atoms with Gasteiger partial charge in [-0.25, -0.2) is 4.79 Å². The third-order valence-corrected chi connectivity index (χ3v) is 12.8. The van der Waals surface area contributed by atoms with E-state index in [1.807, 2.05) is 0 Å². The third-order valence-electron chi connectivity index (χ3n) is 12.8. The van der Waals surface area contributed by atoms with E-state index in [4.69, 9.17) is 23.7 Å². The number of aliphatic carboxylic acids is 1. The van der Waals surface area contributed by atoms with Crippen LogP contribution in [0, 0.1) is 0 Å². The minimum absolute atomic E-state index is 0.0386. The summed E-state index contributed by atoms with van der Waals surface area (Å²) in [4.78, 5) is 51.1. The molecule has 436 valence electrons. The fourth-order valence-electron chi connectivity index (χ4n) is 8.28. The van der Waals surface area contributed by atoms with Gasteiger partial charge < -0.3 is 39.0 Å². The van der Waals surface area contributed by atoms with Gasteiger partial charge in [-0.1, -0.05) is 194 Å². The number of aliphatic hydroxyl groups is 2. The Morgan fingerprint density at radius 1 is 0.442 bits per heavy atom. The number of aliphatic hydroxyl groups excluding tert-OH is 2. The Morgan fingerprint density at radius 2 is 0.818 bits per heavy atom. The second-order valence-corrected chi connectivity index (χ2v) is 19.9. The number of unbranched alkanes of at least 4 members (excludes halogenated alkanes) is 17. The molecular formula is C65H104O12. The van der Waals surface area contributed by atoms with E-state index in [2.05, 4.69) is 130 Å². The predicted octanol–water partition coefficient (Wildman–Crippen LogP) is 15.4. The molecule has 6 atom stereocenters. The van der Waals surface area contributed by atoms with E-state index >= 15 is 0 Å². The minimum Gasteiger partial charge on any atom is -0.479 e. The van der Waals surface area contributed by atoms with Crippen molar-refractivity contribution in [1.82, 2.24) is 0 Å². The summed E-state index contributed by atoms with van der Waals surface area (Å²) in [6.07, 6.45) is 57.7. The molecule has 1 rings (SSSR count). The molecule has 1 fully saturated rings. The van der Waals surface area contributed by atoms with Crippen LogP contribution in [0.1, 0.15) is 226 Å². The van der Waals surface area contributed by atoms with Gasteiger partial charge in [-0.2, -0.15) is 0 Å². The van der Waals surface area contributed by atoms with Crippen LogP contribution in [0.4, 0.5) is 0 Å². The van der Waals surface area contributed by atoms with E-state index in [9.17, 15) is 34.5 Å². The number of rotatable bonds is 49. The van der Waals surface area contributed by atoms with E-state index in [1.54, 1.807) is 0 Å². The molecular weight excluding hydrogens is 973 g/mol. The van der Waals surface area contributed by atoms with Crippen LogP contribution in [-0.4, -0.2) is 89.2 Å². The van der Waals surface area contributed by atoms with Crippen molar-refractivity contribution in [3.05, 3.63) is 109 Å². The van der Waals surface area contributed by atoms with Crippen molar-refractivity contribution in [3.8, 4) is 0 Å². The van der Waals surface area contributed by atoms with E-state index < -0.39 is 67.3 Å². The largest absolute Gasteiger partial charge is 0.479 e. The Hall–Kier alpha value is -4.62. The highest BCUT2D eigenvalue weighted by Gasteiger charge is 2.50. The van der Waals surface area contributed by atoms with Crippen LogP contribution in [0.2, 0.25) is 0 Å². The Bertz CT molecular complexity index is 1750. The zero-order valence-electron chi connectivity index (χ0n) is 47.9. The quantitative estimate of drug-likeness (QED) is 0.0228. The standard InChI is InChI=1S/C65H104O12/c1-4-7-10-13-16-19-22-25-27-28-29-30-32-34-36-39-42-45-48-51-57(66)73-54-56(75-58(67)52-49-46-43-40-37-33-24-21-18-15-12-9-6-3)55-74-65-63(61(70)60(69)62(77-65)64(71)72)76-59(68)53-50-47-44-41-38-35-31-26-23-20-17-14-11-8-5-2/h7,9-10,12,16,18-19,21,25-27,29-31,33-34,36-37,56,60-63,65,69-70H,4-6,8,11,13-15,17,20,22-24,28,32,35,38-55H2,1-3H3,(H,71,72)/b10-7-,12-9-,19-16-,21-18-,27-25-,30-29-,31-26-,36-34-,37-33-. The monoisotopic (exact) mass is 1080 g/mol. The summed E-state index contributed by atoms with van der Waals surface area (Å²) >= 11 is 0. The number of carbonyl (C=O) groups excluding carboxylic acids is 3. The highest BCUT2D eigenvalue weighted by atomic mass is 16.7. The molecule has 1 aliphatic heterocycles. The van der Waals surface area contributed by atoms with Crippen molar-refractivity contribution in [3.63, 3.8) is 0 Å². The molecule has 0 bridgehead atoms. The van der Waals surface area contributed by atoms with E-state index in [1.165, 1.54) is 38.5 Å². The van der Waals surface area contributed by atoms with Crippen molar-refractivity contribution in [2.75, 3.05) is 13.2 Å². The van der Waals surface area contributed by atoms with Crippen molar-refractivity contribution in [2.24, 2.45) is 0 Å². The number of hydrogen-bond donors (Lipinski definition) is 3. The summed E-state index contributed by atoms with van der Waals surface area (Å²) in [7, 11) is 0. The molecule has 1 saturated heterocycles. The summed E-state index contributed by atoms with van der Waals surface area (Å²) in [5, 5.41) is 31.5. The summed E-state index contributed by atoms with van der Waals surface area (Å²) in [5.41, 5.74) is 0. The lowest BCUT2D eigenvalue weighted by Crippen LogP contribution is -2.61. The molecule has 0 amide bonds. The zero-order valence-corrected chi connectivity index (χ0v) is 47.9. The highest BCUT2D eigenvalue weighted by molar-refractivity contribution is 5.74. The van der Waals surface area contributed by atoms with Crippen LogP contribution in [0.25, 0.3) is 0 Å². The lowest BCUT2D eigenvalue weighted by atomic mass is 9.98. The molecule has 1 aliphatic rings. The zero-order chi connectivity index (χ0) is 56.1. The number of ether oxygens (including phenoxy) is 5. The van der Waals surface area contributed by atoms with Gasteiger partial charge in [0.25, 0.3) is 0 Å². The Balaban J connectivity index is 2.73. The minimum atomic E-state index is -1.92. The number of hydrogen-bond acceptors (Lipinski definition) is 11. The maximum atomic E-state index is 13.1. The molecule has 0 spiro atoms. The normalized spacial score (nSPS) is 18.8. The van der Waals surface area contributed by atoms with E-state index in [0.717, 1.165) is 128 Å². The molecule has 0 saturated carbocycles. The van der Waals surface area contributed by atoms with Gasteiger partial charge in [-0.05, 0) is 122 Å². The van der Waals surface area contributed by atoms with Gasteiger partial charge in [0.1, 0.15) is 18.8 Å². The molecule has 1 heterocycles. The topological polar surface area (TPSA) is 175 Å². The molecule has 12 heteroatoms. The average Bonchev–Trinajstić information content (AvgIpc) is 3.42. The lowest BCUT2D eigenvalue weighted by molar-refractivity contribution is -0.301. The van der Waals surface area contributed by atoms with Crippen LogP contribution in [0.15, 0.2) is 109 Å². The van der Waals surface area contributed by atoms with E-state index in [-0.39, 0.29) is 25.9 Å². The second-order valence-electron chi connectivity index (χ2n) is 19.9. The second kappa shape index (κ2) is 52.1. The predicted molar refractivity (Wildman–Crippen MR) is 312 cm³/mol. The molecule has 0 aromatic carbocycles. The summed E-state index contributed by atoms with van der Waals surface area (Å²) in [6, 6.07) is 0. The fraction of sp³-hybridized carbons (Fsp3) is 0.662.